The van der Waals surface area contributed by atoms with Gasteiger partial charge >= 0.3 is 6.18 Å². The zero-order chi connectivity index (χ0) is 21.3. The second-order valence-electron chi connectivity index (χ2n) is 7.54. The van der Waals surface area contributed by atoms with E-state index in [1.807, 2.05) is 13.0 Å². The Morgan fingerprint density at radius 3 is 2.04 bits per heavy atom. The van der Waals surface area contributed by atoms with Gasteiger partial charge in [0.2, 0.25) is 0 Å². The molecule has 0 saturated carbocycles. The number of hydrogen-bond donors (Lipinski definition) is 1. The normalized spacial score (nSPS) is 11.9. The summed E-state index contributed by atoms with van der Waals surface area (Å²) in [4.78, 5) is 25.8. The quantitative estimate of drug-likeness (QED) is 0.739. The molecule has 2 aromatic carbocycles. The minimum atomic E-state index is -4.69. The van der Waals surface area contributed by atoms with Crippen LogP contribution in [0.1, 0.15) is 58.2 Å². The minimum absolute atomic E-state index is 0.353. The van der Waals surface area contributed by atoms with Gasteiger partial charge in [-0.3, -0.25) is 15.0 Å². The van der Waals surface area contributed by atoms with Crippen LogP contribution in [0.3, 0.4) is 0 Å². The van der Waals surface area contributed by atoms with Gasteiger partial charge in [0.1, 0.15) is 0 Å². The first-order valence-corrected chi connectivity index (χ1v) is 8.72. The van der Waals surface area contributed by atoms with Gasteiger partial charge in [0.05, 0.1) is 16.7 Å². The number of benzene rings is 2. The molecule has 2 rings (SSSR count). The molecule has 0 heterocycles. The van der Waals surface area contributed by atoms with Crippen LogP contribution in [-0.2, 0) is 6.18 Å². The van der Waals surface area contributed by atoms with E-state index >= 15 is 0 Å². The number of carbonyl (C=O) groups is 2. The maximum Gasteiger partial charge on any atom is 0.417 e. The number of alkyl halides is 3. The van der Waals surface area contributed by atoms with Crippen molar-refractivity contribution in [2.45, 2.75) is 46.3 Å². The van der Waals surface area contributed by atoms with E-state index < -0.39 is 34.7 Å². The topological polar surface area (TPSA) is 49.4 Å². The molecule has 4 nitrogen and oxygen atoms in total. The van der Waals surface area contributed by atoms with Crippen LogP contribution in [0.15, 0.2) is 42.5 Å². The molecule has 2 amide bonds. The summed E-state index contributed by atoms with van der Waals surface area (Å²) in [6, 6.07) is 9.69. The fourth-order valence-electron chi connectivity index (χ4n) is 2.72. The molecule has 2 aromatic rings. The van der Waals surface area contributed by atoms with Crippen LogP contribution >= 0.6 is 0 Å². The van der Waals surface area contributed by atoms with Gasteiger partial charge in [-0.2, -0.15) is 13.2 Å². The first kappa shape index (κ1) is 21.5. The molecule has 0 aliphatic carbocycles. The molecular weight excluding hydrogens is 369 g/mol. The molecule has 0 unspecified atom stereocenters. The fraction of sp³-hybridized carbons (Fsp3) is 0.333. The number of halogens is 3. The smallest absolute Gasteiger partial charge is 0.267 e. The second-order valence-corrected chi connectivity index (χ2v) is 7.54. The predicted octanol–water partition coefficient (Wildman–Crippen LogP) is 4.91. The molecule has 0 spiro atoms. The van der Waals surface area contributed by atoms with Crippen LogP contribution in [-0.4, -0.2) is 22.4 Å². The molecular formula is C21H23F3N2O2. The minimum Gasteiger partial charge on any atom is -0.267 e. The Hall–Kier alpha value is -2.83. The lowest BCUT2D eigenvalue weighted by molar-refractivity contribution is -0.138. The number of nitrogens with one attached hydrogen (secondary N) is 1. The third kappa shape index (κ3) is 4.52. The van der Waals surface area contributed by atoms with Crippen LogP contribution in [0.5, 0.6) is 0 Å². The number of amides is 2. The molecule has 0 aromatic heterocycles. The number of nitrogens with zero attached hydrogens (tertiary/aromatic N) is 1. The maximum atomic E-state index is 13.3. The standard InChI is InChI=1S/C21H23F3N2O2/c1-13-9-8-11-15(14(13)2)18(27)25-26(20(3,4)5)19(28)16-10-6-7-12-17(16)21(22,23)24/h6-12H,1-5H3,(H,25,27). The van der Waals surface area contributed by atoms with E-state index in [2.05, 4.69) is 5.43 Å². The Morgan fingerprint density at radius 2 is 1.46 bits per heavy atom. The first-order valence-electron chi connectivity index (χ1n) is 8.72. The van der Waals surface area contributed by atoms with E-state index in [9.17, 15) is 22.8 Å². The van der Waals surface area contributed by atoms with Crippen molar-refractivity contribution in [1.29, 1.82) is 0 Å². The monoisotopic (exact) mass is 392 g/mol. The van der Waals surface area contributed by atoms with Crippen LogP contribution < -0.4 is 5.43 Å². The Morgan fingerprint density at radius 1 is 0.893 bits per heavy atom. The molecule has 0 saturated heterocycles. The lowest BCUT2D eigenvalue weighted by Gasteiger charge is -2.36. The van der Waals surface area contributed by atoms with E-state index in [4.69, 9.17) is 0 Å². The molecule has 28 heavy (non-hydrogen) atoms. The van der Waals surface area contributed by atoms with Gasteiger partial charge in [-0.05, 0) is 63.9 Å². The zero-order valence-corrected chi connectivity index (χ0v) is 16.4. The molecule has 0 atom stereocenters. The lowest BCUT2D eigenvalue weighted by atomic mass is 10.0. The van der Waals surface area contributed by atoms with Gasteiger partial charge in [-0.1, -0.05) is 24.3 Å². The summed E-state index contributed by atoms with van der Waals surface area (Å²) >= 11 is 0. The van der Waals surface area contributed by atoms with Crippen molar-refractivity contribution in [3.63, 3.8) is 0 Å². The Bertz CT molecular complexity index is 899. The lowest BCUT2D eigenvalue weighted by Crippen LogP contribution is -2.56. The van der Waals surface area contributed by atoms with E-state index in [0.717, 1.165) is 28.3 Å². The molecule has 150 valence electrons. The van der Waals surface area contributed by atoms with Gasteiger partial charge in [-0.15, -0.1) is 0 Å². The molecule has 0 aliphatic heterocycles. The van der Waals surface area contributed by atoms with Crippen molar-refractivity contribution in [3.05, 3.63) is 70.3 Å². The van der Waals surface area contributed by atoms with E-state index in [1.165, 1.54) is 12.1 Å². The summed E-state index contributed by atoms with van der Waals surface area (Å²) in [5, 5.41) is 0.946. The van der Waals surface area contributed by atoms with Crippen LogP contribution in [0.25, 0.3) is 0 Å². The summed E-state index contributed by atoms with van der Waals surface area (Å²) in [5.41, 5.74) is 1.95. The number of hydrazine groups is 1. The Kier molecular flexibility index (Phi) is 5.87. The molecule has 0 bridgehead atoms. The van der Waals surface area contributed by atoms with Crippen LogP contribution in [0, 0.1) is 13.8 Å². The number of rotatable bonds is 2. The zero-order valence-electron chi connectivity index (χ0n) is 16.4. The fourth-order valence-corrected chi connectivity index (χ4v) is 2.72. The molecule has 0 fully saturated rings. The number of carbonyl (C=O) groups excluding carboxylic acids is 2. The average Bonchev–Trinajstić information content (AvgIpc) is 2.59. The Labute approximate surface area is 162 Å². The average molecular weight is 392 g/mol. The molecule has 7 heteroatoms. The summed E-state index contributed by atoms with van der Waals surface area (Å²) in [6.07, 6.45) is -4.69. The summed E-state index contributed by atoms with van der Waals surface area (Å²) < 4.78 is 40.0. The van der Waals surface area contributed by atoms with E-state index in [1.54, 1.807) is 39.8 Å². The van der Waals surface area contributed by atoms with Crippen molar-refractivity contribution >= 4 is 11.8 Å². The van der Waals surface area contributed by atoms with Crippen molar-refractivity contribution in [1.82, 2.24) is 10.4 Å². The second kappa shape index (κ2) is 7.66. The van der Waals surface area contributed by atoms with Crippen molar-refractivity contribution in [3.8, 4) is 0 Å². The SMILES string of the molecule is Cc1cccc(C(=O)NN(C(=O)c2ccccc2C(F)(F)F)C(C)(C)C)c1C. The van der Waals surface area contributed by atoms with Crippen molar-refractivity contribution < 1.29 is 22.8 Å². The Balaban J connectivity index is 2.45. The third-order valence-electron chi connectivity index (χ3n) is 4.40. The van der Waals surface area contributed by atoms with Gasteiger partial charge in [0, 0.05) is 5.56 Å². The highest BCUT2D eigenvalue weighted by atomic mass is 19.4. The van der Waals surface area contributed by atoms with Crippen molar-refractivity contribution in [2.24, 2.45) is 0 Å². The summed E-state index contributed by atoms with van der Waals surface area (Å²) in [6.45, 7) is 8.50. The number of aryl methyl sites for hydroxylation is 1. The largest absolute Gasteiger partial charge is 0.417 e. The summed E-state index contributed by atoms with van der Waals surface area (Å²) in [7, 11) is 0. The van der Waals surface area contributed by atoms with Gasteiger partial charge < -0.3 is 0 Å². The van der Waals surface area contributed by atoms with Gasteiger partial charge in [0.25, 0.3) is 11.8 Å². The summed E-state index contributed by atoms with van der Waals surface area (Å²) in [5.74, 6) is -1.49. The highest BCUT2D eigenvalue weighted by Crippen LogP contribution is 2.33. The van der Waals surface area contributed by atoms with E-state index in [0.29, 0.717) is 5.56 Å². The molecule has 0 aliphatic rings. The first-order chi connectivity index (χ1) is 12.8. The van der Waals surface area contributed by atoms with Crippen molar-refractivity contribution in [2.75, 3.05) is 0 Å². The highest BCUT2D eigenvalue weighted by Gasteiger charge is 2.38. The van der Waals surface area contributed by atoms with Gasteiger partial charge in [-0.25, -0.2) is 5.01 Å². The number of hydrogen-bond acceptors (Lipinski definition) is 2. The van der Waals surface area contributed by atoms with Crippen LogP contribution in [0.4, 0.5) is 13.2 Å². The third-order valence-corrected chi connectivity index (χ3v) is 4.40. The highest BCUT2D eigenvalue weighted by molar-refractivity contribution is 6.01. The predicted molar refractivity (Wildman–Crippen MR) is 101 cm³/mol. The van der Waals surface area contributed by atoms with Gasteiger partial charge in [0.15, 0.2) is 0 Å². The molecule has 1 N–H and O–H groups in total. The van der Waals surface area contributed by atoms with Crippen LogP contribution in [0.2, 0.25) is 0 Å². The van der Waals surface area contributed by atoms with E-state index in [-0.39, 0.29) is 0 Å². The maximum absolute atomic E-state index is 13.3. The molecule has 0 radical (unpaired) electrons.